The minimum atomic E-state index is -0.640. The Morgan fingerprint density at radius 3 is 2.30 bits per heavy atom. The summed E-state index contributed by atoms with van der Waals surface area (Å²) in [7, 11) is -0.487. The Labute approximate surface area is 221 Å². The highest BCUT2D eigenvalue weighted by molar-refractivity contribution is 6.61. The van der Waals surface area contributed by atoms with Crippen molar-refractivity contribution in [3.8, 4) is 0 Å². The van der Waals surface area contributed by atoms with E-state index in [1.54, 1.807) is 40.1 Å². The first-order valence-electron chi connectivity index (χ1n) is 13.4. The third-order valence-electron chi connectivity index (χ3n) is 7.58. The van der Waals surface area contributed by atoms with Gasteiger partial charge in [0.05, 0.1) is 11.2 Å². The Hall–Kier alpha value is -2.40. The molecule has 204 valence electrons. The molecule has 3 heterocycles. The predicted octanol–water partition coefficient (Wildman–Crippen LogP) is 2.51. The highest BCUT2D eigenvalue weighted by Gasteiger charge is 2.52. The van der Waals surface area contributed by atoms with E-state index < -0.39 is 36.1 Å². The van der Waals surface area contributed by atoms with E-state index in [1.807, 2.05) is 32.6 Å². The number of anilines is 1. The number of carbonyl (C=O) groups is 2. The number of aromatic nitrogens is 2. The van der Waals surface area contributed by atoms with Crippen LogP contribution in [0.1, 0.15) is 74.7 Å². The Balaban J connectivity index is 1.33. The normalized spacial score (nSPS) is 23.6. The zero-order valence-corrected chi connectivity index (χ0v) is 23.5. The third kappa shape index (κ3) is 6.55. The number of nitrogens with one attached hydrogen (secondary N) is 1. The van der Waals surface area contributed by atoms with Crippen molar-refractivity contribution >= 4 is 30.5 Å². The first-order valence-corrected chi connectivity index (χ1v) is 13.4. The summed E-state index contributed by atoms with van der Waals surface area (Å²) >= 11 is 0. The molecule has 1 N–H and O–H groups in total. The number of alkyl carbamates (subject to hydrolysis) is 1. The van der Waals surface area contributed by atoms with Crippen LogP contribution < -0.4 is 15.7 Å². The average molecular weight is 515 g/mol. The number of amides is 2. The topological polar surface area (TPSA) is 106 Å². The molecule has 3 aliphatic rings. The fraction of sp³-hybridized carbons (Fsp3) is 0.769. The van der Waals surface area contributed by atoms with Gasteiger partial charge in [0.25, 0.3) is 0 Å². The number of hydrogen-bond acceptors (Lipinski definition) is 8. The molecule has 0 radical (unpaired) electrons. The van der Waals surface area contributed by atoms with Gasteiger partial charge in [-0.05, 0) is 80.6 Å². The summed E-state index contributed by atoms with van der Waals surface area (Å²) in [5, 5.41) is 2.66. The van der Waals surface area contributed by atoms with Crippen LogP contribution in [-0.2, 0) is 18.8 Å². The van der Waals surface area contributed by atoms with Gasteiger partial charge in [0.15, 0.2) is 0 Å². The van der Waals surface area contributed by atoms with Crippen molar-refractivity contribution in [2.75, 3.05) is 24.5 Å². The van der Waals surface area contributed by atoms with Gasteiger partial charge in [0, 0.05) is 43.5 Å². The lowest BCUT2D eigenvalue weighted by atomic mass is 9.81. The molecule has 4 rings (SSSR count). The number of ether oxygens (including phenoxy) is 1. The van der Waals surface area contributed by atoms with Crippen molar-refractivity contribution in [2.24, 2.45) is 5.92 Å². The van der Waals surface area contributed by atoms with E-state index in [0.29, 0.717) is 31.0 Å². The van der Waals surface area contributed by atoms with Gasteiger partial charge in [-0.15, -0.1) is 0 Å². The molecule has 0 unspecified atom stereocenters. The molecule has 11 heteroatoms. The van der Waals surface area contributed by atoms with Crippen LogP contribution in [-0.4, -0.2) is 82.5 Å². The van der Waals surface area contributed by atoms with Crippen LogP contribution in [0.4, 0.5) is 10.7 Å². The molecule has 2 aliphatic heterocycles. The number of hydrogen-bond donors (Lipinski definition) is 1. The zero-order chi connectivity index (χ0) is 27.2. The first kappa shape index (κ1) is 27.6. The summed E-state index contributed by atoms with van der Waals surface area (Å²) in [5.41, 5.74) is -0.630. The zero-order valence-electron chi connectivity index (χ0n) is 23.5. The molecular weight excluding hydrogens is 473 g/mol. The molecule has 2 amide bonds. The van der Waals surface area contributed by atoms with Crippen LogP contribution in [0.5, 0.6) is 0 Å². The quantitative estimate of drug-likeness (QED) is 0.553. The maximum atomic E-state index is 12.9. The Kier molecular flexibility index (Phi) is 7.51. The molecule has 2 atom stereocenters. The van der Waals surface area contributed by atoms with Crippen molar-refractivity contribution in [3.63, 3.8) is 0 Å². The summed E-state index contributed by atoms with van der Waals surface area (Å²) in [6, 6.07) is -0.209. The maximum absolute atomic E-state index is 12.9. The molecule has 1 aromatic heterocycles. The van der Waals surface area contributed by atoms with Crippen LogP contribution in [0.2, 0.25) is 0 Å². The maximum Gasteiger partial charge on any atom is 0.498 e. The van der Waals surface area contributed by atoms with Crippen LogP contribution in [0.15, 0.2) is 12.4 Å². The molecule has 1 saturated carbocycles. The lowest BCUT2D eigenvalue weighted by molar-refractivity contribution is -0.132. The summed E-state index contributed by atoms with van der Waals surface area (Å²) < 4.78 is 17.5. The van der Waals surface area contributed by atoms with Gasteiger partial charge >= 0.3 is 13.2 Å². The van der Waals surface area contributed by atoms with Gasteiger partial charge in [-0.3, -0.25) is 4.79 Å². The third-order valence-corrected chi connectivity index (χ3v) is 7.58. The second-order valence-electron chi connectivity index (χ2n) is 12.6. The van der Waals surface area contributed by atoms with Crippen molar-refractivity contribution in [3.05, 3.63) is 12.4 Å². The number of likely N-dealkylation sites (tertiary alicyclic amines) is 1. The molecule has 2 saturated heterocycles. The summed E-state index contributed by atoms with van der Waals surface area (Å²) in [4.78, 5) is 38.5. The molecule has 0 aromatic carbocycles. The molecule has 0 spiro atoms. The van der Waals surface area contributed by atoms with E-state index in [1.165, 1.54) is 0 Å². The summed E-state index contributed by atoms with van der Waals surface area (Å²) in [6.45, 7) is 17.3. The minimum absolute atomic E-state index is 0.0886. The van der Waals surface area contributed by atoms with Crippen LogP contribution >= 0.6 is 0 Å². The van der Waals surface area contributed by atoms with Crippen molar-refractivity contribution in [1.29, 1.82) is 0 Å². The standard InChI is InChI=1S/C26H42BN5O5/c1-17(30-23(34)35-24(2,3)4)21(33)31-12-11-18(15-31)16-32(20-9-10-20)22-28-13-19(14-29-22)27-36-25(5,6)26(7,8)37-27/h13-14,17-18,20H,9-12,15-16H2,1-8H3,(H,30,34)/t17-,18+/m1/s1. The number of rotatable bonds is 7. The van der Waals surface area contributed by atoms with Crippen LogP contribution in [0, 0.1) is 5.92 Å². The molecule has 3 fully saturated rings. The SMILES string of the molecule is C[C@@H](NC(=O)OC(C)(C)C)C(=O)N1CC[C@H](CN(c2ncc(B3OC(C)(C)C(C)(C)O3)cn2)C2CC2)C1. The Morgan fingerprint density at radius 1 is 1.16 bits per heavy atom. The molecular formula is C26H42BN5O5. The molecule has 1 aliphatic carbocycles. The fourth-order valence-electron chi connectivity index (χ4n) is 4.64. The fourth-order valence-corrected chi connectivity index (χ4v) is 4.64. The summed E-state index contributed by atoms with van der Waals surface area (Å²) in [6.07, 6.45) is 6.16. The van der Waals surface area contributed by atoms with E-state index in [2.05, 4.69) is 20.2 Å². The van der Waals surface area contributed by atoms with E-state index in [4.69, 9.17) is 14.0 Å². The molecule has 10 nitrogen and oxygen atoms in total. The van der Waals surface area contributed by atoms with Gasteiger partial charge in [-0.25, -0.2) is 14.8 Å². The van der Waals surface area contributed by atoms with E-state index in [0.717, 1.165) is 31.3 Å². The first-order chi connectivity index (χ1) is 17.1. The van der Waals surface area contributed by atoms with E-state index >= 15 is 0 Å². The minimum Gasteiger partial charge on any atom is -0.444 e. The second-order valence-corrected chi connectivity index (χ2v) is 12.6. The van der Waals surface area contributed by atoms with Gasteiger partial charge in [-0.1, -0.05) is 0 Å². The highest BCUT2D eigenvalue weighted by atomic mass is 16.7. The van der Waals surface area contributed by atoms with Gasteiger partial charge in [0.1, 0.15) is 11.6 Å². The number of nitrogens with zero attached hydrogens (tertiary/aromatic N) is 4. The highest BCUT2D eigenvalue weighted by Crippen LogP contribution is 2.36. The van der Waals surface area contributed by atoms with Gasteiger partial charge in [-0.2, -0.15) is 0 Å². The van der Waals surface area contributed by atoms with Crippen LogP contribution in [0.3, 0.4) is 0 Å². The lowest BCUT2D eigenvalue weighted by Gasteiger charge is -2.32. The predicted molar refractivity (Wildman–Crippen MR) is 142 cm³/mol. The van der Waals surface area contributed by atoms with Crippen molar-refractivity contribution < 1.29 is 23.6 Å². The van der Waals surface area contributed by atoms with E-state index in [9.17, 15) is 9.59 Å². The average Bonchev–Trinajstić information content (AvgIpc) is 3.46. The van der Waals surface area contributed by atoms with Gasteiger partial charge in [0.2, 0.25) is 11.9 Å². The van der Waals surface area contributed by atoms with Crippen LogP contribution in [0.25, 0.3) is 0 Å². The lowest BCUT2D eigenvalue weighted by Crippen LogP contribution is -2.47. The Morgan fingerprint density at radius 2 is 1.76 bits per heavy atom. The number of carbonyl (C=O) groups excluding carboxylic acids is 2. The van der Waals surface area contributed by atoms with Crippen molar-refractivity contribution in [2.45, 2.75) is 104 Å². The summed E-state index contributed by atoms with van der Waals surface area (Å²) in [5.74, 6) is 0.923. The molecule has 37 heavy (non-hydrogen) atoms. The molecule has 0 bridgehead atoms. The molecule has 1 aromatic rings. The van der Waals surface area contributed by atoms with Crippen molar-refractivity contribution in [1.82, 2.24) is 20.2 Å². The van der Waals surface area contributed by atoms with Gasteiger partial charge < -0.3 is 29.2 Å². The Bertz CT molecular complexity index is 976. The largest absolute Gasteiger partial charge is 0.498 e. The monoisotopic (exact) mass is 515 g/mol. The van der Waals surface area contributed by atoms with E-state index in [-0.39, 0.29) is 5.91 Å². The smallest absolute Gasteiger partial charge is 0.444 e. The second kappa shape index (κ2) is 10.1.